The summed E-state index contributed by atoms with van der Waals surface area (Å²) < 4.78 is 27.1. The lowest BCUT2D eigenvalue weighted by molar-refractivity contribution is 0.603. The van der Waals surface area contributed by atoms with E-state index in [0.717, 1.165) is 23.9 Å². The molecule has 134 valence electrons. The van der Waals surface area contributed by atoms with Crippen molar-refractivity contribution >= 4 is 28.7 Å². The number of nitrogens with zero attached hydrogens (tertiary/aromatic N) is 2. The van der Waals surface area contributed by atoms with Gasteiger partial charge in [-0.1, -0.05) is 26.0 Å². The Morgan fingerprint density at radius 1 is 0.923 bits per heavy atom. The predicted octanol–water partition coefficient (Wildman–Crippen LogP) is 4.95. The van der Waals surface area contributed by atoms with Gasteiger partial charge >= 0.3 is 0 Å². The second kappa shape index (κ2) is 7.35. The summed E-state index contributed by atoms with van der Waals surface area (Å²) in [6.45, 7) is 4.24. The largest absolute Gasteiger partial charge is 0.393 e. The molecule has 0 aliphatic heterocycles. The van der Waals surface area contributed by atoms with Crippen LogP contribution in [-0.2, 0) is 0 Å². The van der Waals surface area contributed by atoms with Crippen molar-refractivity contribution in [1.82, 2.24) is 9.97 Å². The molecule has 0 amide bonds. The number of benzene rings is 2. The van der Waals surface area contributed by atoms with Crippen molar-refractivity contribution in [2.24, 2.45) is 0 Å². The van der Waals surface area contributed by atoms with Crippen LogP contribution < -0.4 is 16.4 Å². The summed E-state index contributed by atoms with van der Waals surface area (Å²) in [4.78, 5) is 8.13. The second-order valence-corrected chi connectivity index (χ2v) is 6.14. The van der Waals surface area contributed by atoms with Crippen LogP contribution in [0.2, 0.25) is 0 Å². The van der Waals surface area contributed by atoms with Crippen molar-refractivity contribution in [1.29, 1.82) is 0 Å². The molecule has 0 radical (unpaired) electrons. The van der Waals surface area contributed by atoms with Crippen LogP contribution in [0, 0.1) is 11.6 Å². The average Bonchev–Trinajstić information content (AvgIpc) is 2.62. The smallest absolute Gasteiger partial charge is 0.159 e. The molecule has 5 nitrogen and oxygen atoms in total. The molecule has 3 rings (SSSR count). The third-order valence-electron chi connectivity index (χ3n) is 3.91. The zero-order chi connectivity index (χ0) is 18.7. The van der Waals surface area contributed by atoms with Crippen LogP contribution in [0.5, 0.6) is 0 Å². The number of halogens is 2. The number of nitrogens with two attached hydrogens (primary N) is 1. The summed E-state index contributed by atoms with van der Waals surface area (Å²) >= 11 is 0. The van der Waals surface area contributed by atoms with E-state index < -0.39 is 11.6 Å². The molecule has 0 atom stereocenters. The lowest BCUT2D eigenvalue weighted by atomic mass is 10.0. The molecule has 26 heavy (non-hydrogen) atoms. The van der Waals surface area contributed by atoms with Gasteiger partial charge in [0, 0.05) is 11.8 Å². The maximum Gasteiger partial charge on any atom is 0.159 e. The number of anilines is 5. The standard InChI is InChI=1S/C19H19F2N5/c1-11(2)12-3-6-14(7-4-12)25-18-17(22)19(24-10-23-18)26-16-9-13(20)5-8-15(16)21/h3-11H,22H2,1-2H3,(H2,23,24,25,26). The van der Waals surface area contributed by atoms with Gasteiger partial charge in [-0.15, -0.1) is 0 Å². The lowest BCUT2D eigenvalue weighted by Crippen LogP contribution is -2.06. The molecule has 0 bridgehead atoms. The van der Waals surface area contributed by atoms with E-state index >= 15 is 0 Å². The Kier molecular flexibility index (Phi) is 4.97. The summed E-state index contributed by atoms with van der Waals surface area (Å²) in [5.74, 6) is -0.180. The van der Waals surface area contributed by atoms with Gasteiger partial charge in [0.25, 0.3) is 0 Å². The van der Waals surface area contributed by atoms with E-state index in [4.69, 9.17) is 5.73 Å². The van der Waals surface area contributed by atoms with Crippen molar-refractivity contribution in [3.8, 4) is 0 Å². The first kappa shape index (κ1) is 17.6. The van der Waals surface area contributed by atoms with Gasteiger partial charge < -0.3 is 16.4 Å². The molecule has 0 spiro atoms. The maximum atomic E-state index is 13.8. The molecule has 7 heteroatoms. The third kappa shape index (κ3) is 3.88. The van der Waals surface area contributed by atoms with Crippen LogP contribution >= 0.6 is 0 Å². The maximum absolute atomic E-state index is 13.8. The highest BCUT2D eigenvalue weighted by atomic mass is 19.1. The highest BCUT2D eigenvalue weighted by Gasteiger charge is 2.11. The van der Waals surface area contributed by atoms with Gasteiger partial charge in [-0.2, -0.15) is 0 Å². The number of aromatic nitrogens is 2. The van der Waals surface area contributed by atoms with Gasteiger partial charge in [0.2, 0.25) is 0 Å². The normalized spacial score (nSPS) is 10.8. The van der Waals surface area contributed by atoms with Gasteiger partial charge in [0.05, 0.1) is 5.69 Å². The van der Waals surface area contributed by atoms with Crippen LogP contribution in [0.15, 0.2) is 48.8 Å². The van der Waals surface area contributed by atoms with Crippen molar-refractivity contribution < 1.29 is 8.78 Å². The molecule has 0 unspecified atom stereocenters. The Bertz CT molecular complexity index is 910. The molecule has 1 aromatic heterocycles. The molecule has 0 saturated heterocycles. The molecule has 3 aromatic rings. The molecular formula is C19H19F2N5. The topological polar surface area (TPSA) is 75.9 Å². The average molecular weight is 355 g/mol. The minimum absolute atomic E-state index is 0.0531. The monoisotopic (exact) mass is 355 g/mol. The Balaban J connectivity index is 1.84. The first-order valence-corrected chi connectivity index (χ1v) is 8.13. The van der Waals surface area contributed by atoms with Gasteiger partial charge in [-0.3, -0.25) is 0 Å². The van der Waals surface area contributed by atoms with E-state index in [1.165, 1.54) is 11.9 Å². The minimum Gasteiger partial charge on any atom is -0.393 e. The van der Waals surface area contributed by atoms with Gasteiger partial charge in [0.15, 0.2) is 11.6 Å². The van der Waals surface area contributed by atoms with Crippen molar-refractivity contribution in [2.75, 3.05) is 16.4 Å². The van der Waals surface area contributed by atoms with Crippen LogP contribution in [0.3, 0.4) is 0 Å². The lowest BCUT2D eigenvalue weighted by Gasteiger charge is -2.13. The Morgan fingerprint density at radius 2 is 1.58 bits per heavy atom. The zero-order valence-electron chi connectivity index (χ0n) is 14.4. The number of rotatable bonds is 5. The van der Waals surface area contributed by atoms with E-state index in [1.54, 1.807) is 0 Å². The Morgan fingerprint density at radius 3 is 2.23 bits per heavy atom. The van der Waals surface area contributed by atoms with Crippen LogP contribution in [-0.4, -0.2) is 9.97 Å². The fourth-order valence-electron chi connectivity index (χ4n) is 2.40. The molecule has 1 heterocycles. The number of nitrogens with one attached hydrogen (secondary N) is 2. The summed E-state index contributed by atoms with van der Waals surface area (Å²) in [5.41, 5.74) is 8.25. The van der Waals surface area contributed by atoms with Crippen molar-refractivity contribution in [3.63, 3.8) is 0 Å². The van der Waals surface area contributed by atoms with E-state index in [9.17, 15) is 8.78 Å². The molecule has 0 saturated carbocycles. The number of nitrogen functional groups attached to an aromatic ring is 1. The van der Waals surface area contributed by atoms with Crippen LogP contribution in [0.25, 0.3) is 0 Å². The van der Waals surface area contributed by atoms with Crippen molar-refractivity contribution in [3.05, 3.63) is 66.0 Å². The second-order valence-electron chi connectivity index (χ2n) is 6.14. The number of hydrogen-bond donors (Lipinski definition) is 3. The highest BCUT2D eigenvalue weighted by Crippen LogP contribution is 2.29. The molecule has 0 aliphatic carbocycles. The fourth-order valence-corrected chi connectivity index (χ4v) is 2.40. The molecule has 2 aromatic carbocycles. The van der Waals surface area contributed by atoms with Crippen LogP contribution in [0.4, 0.5) is 37.5 Å². The van der Waals surface area contributed by atoms with E-state index in [1.807, 2.05) is 24.3 Å². The minimum atomic E-state index is -0.608. The van der Waals surface area contributed by atoms with Gasteiger partial charge in [0.1, 0.15) is 23.6 Å². The highest BCUT2D eigenvalue weighted by molar-refractivity contribution is 5.80. The van der Waals surface area contributed by atoms with Gasteiger partial charge in [-0.05, 0) is 35.7 Å². The van der Waals surface area contributed by atoms with E-state index in [2.05, 4.69) is 34.4 Å². The fraction of sp³-hybridized carbons (Fsp3) is 0.158. The predicted molar refractivity (Wildman–Crippen MR) is 99.9 cm³/mol. The van der Waals surface area contributed by atoms with Crippen LogP contribution in [0.1, 0.15) is 25.3 Å². The summed E-state index contributed by atoms with van der Waals surface area (Å²) in [7, 11) is 0. The number of hydrogen-bond acceptors (Lipinski definition) is 5. The third-order valence-corrected chi connectivity index (χ3v) is 3.91. The summed E-state index contributed by atoms with van der Waals surface area (Å²) in [6.07, 6.45) is 1.29. The summed E-state index contributed by atoms with van der Waals surface area (Å²) in [6, 6.07) is 11.0. The summed E-state index contributed by atoms with van der Waals surface area (Å²) in [5, 5.41) is 5.81. The molecule has 4 N–H and O–H groups in total. The molecule has 0 fully saturated rings. The van der Waals surface area contributed by atoms with E-state index in [0.29, 0.717) is 11.7 Å². The first-order chi connectivity index (χ1) is 12.4. The zero-order valence-corrected chi connectivity index (χ0v) is 14.4. The van der Waals surface area contributed by atoms with E-state index in [-0.39, 0.29) is 17.2 Å². The Hall–Kier alpha value is -3.22. The first-order valence-electron chi connectivity index (χ1n) is 8.13. The molecule has 0 aliphatic rings. The molecular weight excluding hydrogens is 336 g/mol. The van der Waals surface area contributed by atoms with Crippen molar-refractivity contribution in [2.45, 2.75) is 19.8 Å². The Labute approximate surface area is 150 Å². The quantitative estimate of drug-likeness (QED) is 0.604. The van der Waals surface area contributed by atoms with Gasteiger partial charge in [-0.25, -0.2) is 18.7 Å². The SMILES string of the molecule is CC(C)c1ccc(Nc2ncnc(Nc3cc(F)ccc3F)c2N)cc1.